The Balaban J connectivity index is 2.13. The van der Waals surface area contributed by atoms with Crippen molar-refractivity contribution in [1.29, 1.82) is 0 Å². The number of nitrogens with zero attached hydrogens (tertiary/aromatic N) is 2. The van der Waals surface area contributed by atoms with Gasteiger partial charge in [-0.05, 0) is 13.8 Å². The van der Waals surface area contributed by atoms with Gasteiger partial charge in [-0.25, -0.2) is 9.59 Å². The number of hydrogen-bond acceptors (Lipinski definition) is 4. The van der Waals surface area contributed by atoms with Crippen molar-refractivity contribution < 1.29 is 19.8 Å². The Kier molecular flexibility index (Phi) is 3.43. The number of aliphatic carboxylic acids is 1. The zero-order valence-corrected chi connectivity index (χ0v) is 10.7. The van der Waals surface area contributed by atoms with Gasteiger partial charge in [0.05, 0.1) is 23.2 Å². The highest BCUT2D eigenvalue weighted by molar-refractivity contribution is 5.93. The quantitative estimate of drug-likeness (QED) is 0.605. The largest absolute Gasteiger partial charge is 0.480 e. The van der Waals surface area contributed by atoms with Crippen molar-refractivity contribution in [2.45, 2.75) is 32.4 Å². The van der Waals surface area contributed by atoms with Crippen LogP contribution in [0.25, 0.3) is 0 Å². The maximum absolute atomic E-state index is 12.1. The van der Waals surface area contributed by atoms with Gasteiger partial charge in [-0.15, -0.1) is 0 Å². The number of aromatic amines is 1. The highest BCUT2D eigenvalue weighted by Crippen LogP contribution is 2.22. The number of aryl methyl sites for hydroxylation is 2. The molecule has 1 aliphatic heterocycles. The third-order valence-corrected chi connectivity index (χ3v) is 3.18. The molecule has 1 aromatic rings. The molecule has 0 bridgehead atoms. The second kappa shape index (κ2) is 4.88. The SMILES string of the molecule is Cc1n[nH]c(C)c1NC(=O)N1C[C@@H](O)C[C@H]1C(=O)O. The number of anilines is 1. The van der Waals surface area contributed by atoms with Gasteiger partial charge in [0, 0.05) is 13.0 Å². The Morgan fingerprint density at radius 1 is 1.47 bits per heavy atom. The first-order valence-electron chi connectivity index (χ1n) is 5.90. The molecule has 1 aromatic heterocycles. The maximum Gasteiger partial charge on any atom is 0.326 e. The molecule has 2 amide bonds. The number of amides is 2. The molecule has 0 saturated carbocycles. The standard InChI is InChI=1S/C11H16N4O4/c1-5-9(6(2)14-13-5)12-11(19)15-4-7(16)3-8(15)10(17)18/h7-8,16H,3-4H2,1-2H3,(H,12,19)(H,13,14)(H,17,18)/t7-,8-/m0/s1. The second-order valence-electron chi connectivity index (χ2n) is 4.64. The fourth-order valence-electron chi connectivity index (χ4n) is 2.19. The Labute approximate surface area is 109 Å². The molecule has 4 N–H and O–H groups in total. The zero-order valence-electron chi connectivity index (χ0n) is 10.7. The Morgan fingerprint density at radius 2 is 2.16 bits per heavy atom. The normalized spacial score (nSPS) is 22.6. The van der Waals surface area contributed by atoms with Crippen LogP contribution in [0.2, 0.25) is 0 Å². The average Bonchev–Trinajstić information content (AvgIpc) is 2.87. The van der Waals surface area contributed by atoms with Crippen molar-refractivity contribution in [3.63, 3.8) is 0 Å². The van der Waals surface area contributed by atoms with Crippen LogP contribution in [0.4, 0.5) is 10.5 Å². The number of hydrogen-bond donors (Lipinski definition) is 4. The minimum atomic E-state index is -1.12. The van der Waals surface area contributed by atoms with E-state index >= 15 is 0 Å². The monoisotopic (exact) mass is 268 g/mol. The smallest absolute Gasteiger partial charge is 0.326 e. The molecular weight excluding hydrogens is 252 g/mol. The van der Waals surface area contributed by atoms with E-state index in [1.165, 1.54) is 0 Å². The third-order valence-electron chi connectivity index (χ3n) is 3.18. The molecule has 0 unspecified atom stereocenters. The van der Waals surface area contributed by atoms with Crippen LogP contribution in [-0.4, -0.2) is 56.0 Å². The van der Waals surface area contributed by atoms with E-state index in [0.29, 0.717) is 17.1 Å². The third kappa shape index (κ3) is 2.53. The molecule has 0 aliphatic carbocycles. The van der Waals surface area contributed by atoms with Crippen LogP contribution in [0.1, 0.15) is 17.8 Å². The van der Waals surface area contributed by atoms with Gasteiger partial charge in [0.1, 0.15) is 6.04 Å². The summed E-state index contributed by atoms with van der Waals surface area (Å²) in [4.78, 5) is 24.2. The van der Waals surface area contributed by atoms with Crippen LogP contribution in [0, 0.1) is 13.8 Å². The fourth-order valence-corrected chi connectivity index (χ4v) is 2.19. The van der Waals surface area contributed by atoms with Crippen LogP contribution in [-0.2, 0) is 4.79 Å². The molecule has 0 radical (unpaired) electrons. The highest BCUT2D eigenvalue weighted by atomic mass is 16.4. The number of rotatable bonds is 2. The maximum atomic E-state index is 12.1. The zero-order chi connectivity index (χ0) is 14.2. The fraction of sp³-hybridized carbons (Fsp3) is 0.545. The van der Waals surface area contributed by atoms with Gasteiger partial charge >= 0.3 is 12.0 Å². The van der Waals surface area contributed by atoms with Gasteiger partial charge in [0.2, 0.25) is 0 Å². The Morgan fingerprint density at radius 3 is 2.68 bits per heavy atom. The molecule has 8 nitrogen and oxygen atoms in total. The van der Waals surface area contributed by atoms with Crippen molar-refractivity contribution in [2.24, 2.45) is 0 Å². The number of likely N-dealkylation sites (tertiary alicyclic amines) is 1. The predicted molar refractivity (Wildman–Crippen MR) is 65.8 cm³/mol. The van der Waals surface area contributed by atoms with Crippen LogP contribution >= 0.6 is 0 Å². The first-order valence-corrected chi connectivity index (χ1v) is 5.90. The lowest BCUT2D eigenvalue weighted by Crippen LogP contribution is -2.43. The van der Waals surface area contributed by atoms with E-state index in [-0.39, 0.29) is 13.0 Å². The van der Waals surface area contributed by atoms with E-state index < -0.39 is 24.1 Å². The van der Waals surface area contributed by atoms with Crippen molar-refractivity contribution in [2.75, 3.05) is 11.9 Å². The number of aliphatic hydroxyl groups is 1. The van der Waals surface area contributed by atoms with Gasteiger partial charge in [-0.1, -0.05) is 0 Å². The summed E-state index contributed by atoms with van der Waals surface area (Å²) in [6, 6.07) is -1.54. The summed E-state index contributed by atoms with van der Waals surface area (Å²) in [5.74, 6) is -1.12. The number of nitrogens with one attached hydrogen (secondary N) is 2. The lowest BCUT2D eigenvalue weighted by molar-refractivity contribution is -0.141. The van der Waals surface area contributed by atoms with Gasteiger partial charge in [-0.3, -0.25) is 5.10 Å². The lowest BCUT2D eigenvalue weighted by Gasteiger charge is -2.21. The average molecular weight is 268 g/mol. The number of carboxylic acids is 1. The number of aliphatic hydroxyl groups excluding tert-OH is 1. The summed E-state index contributed by atoms with van der Waals surface area (Å²) >= 11 is 0. The van der Waals surface area contributed by atoms with Crippen molar-refractivity contribution in [3.8, 4) is 0 Å². The first-order chi connectivity index (χ1) is 8.90. The summed E-state index contributed by atoms with van der Waals surface area (Å²) in [6.07, 6.45) is -0.759. The van der Waals surface area contributed by atoms with Gasteiger partial charge in [0.25, 0.3) is 0 Å². The van der Waals surface area contributed by atoms with Crippen molar-refractivity contribution in [1.82, 2.24) is 15.1 Å². The number of carbonyl (C=O) groups excluding carboxylic acids is 1. The summed E-state index contributed by atoms with van der Waals surface area (Å²) in [5, 5.41) is 27.8. The van der Waals surface area contributed by atoms with E-state index in [1.54, 1.807) is 13.8 Å². The van der Waals surface area contributed by atoms with Gasteiger partial charge < -0.3 is 20.4 Å². The molecule has 1 fully saturated rings. The summed E-state index contributed by atoms with van der Waals surface area (Å²) in [7, 11) is 0. The molecule has 8 heteroatoms. The topological polar surface area (TPSA) is 119 Å². The molecule has 19 heavy (non-hydrogen) atoms. The highest BCUT2D eigenvalue weighted by Gasteiger charge is 2.39. The minimum Gasteiger partial charge on any atom is -0.480 e. The molecule has 1 aliphatic rings. The Hall–Kier alpha value is -2.09. The van der Waals surface area contributed by atoms with E-state index in [9.17, 15) is 14.7 Å². The Bertz CT molecular complexity index is 493. The minimum absolute atomic E-state index is 0.0126. The number of carboxylic acid groups (broad SMARTS) is 1. The number of urea groups is 1. The first kappa shape index (κ1) is 13.3. The number of carbonyl (C=O) groups is 2. The molecule has 2 atom stereocenters. The molecule has 104 valence electrons. The van der Waals surface area contributed by atoms with Crippen molar-refractivity contribution >= 4 is 17.7 Å². The molecule has 0 spiro atoms. The van der Waals surface area contributed by atoms with Gasteiger partial charge in [-0.2, -0.15) is 5.10 Å². The van der Waals surface area contributed by atoms with Crippen LogP contribution < -0.4 is 5.32 Å². The number of β-amino-alcohol motifs (C(OH)–C–C–N with tert-alkyl or cyclic N) is 1. The lowest BCUT2D eigenvalue weighted by atomic mass is 10.2. The molecule has 2 rings (SSSR count). The number of aromatic nitrogens is 2. The molecular formula is C11H16N4O4. The predicted octanol–water partition coefficient (Wildman–Crippen LogP) is 0.0782. The molecule has 2 heterocycles. The van der Waals surface area contributed by atoms with E-state index in [0.717, 1.165) is 4.90 Å². The summed E-state index contributed by atoms with van der Waals surface area (Å²) in [5.41, 5.74) is 1.85. The van der Waals surface area contributed by atoms with Crippen LogP contribution in [0.15, 0.2) is 0 Å². The van der Waals surface area contributed by atoms with Crippen molar-refractivity contribution in [3.05, 3.63) is 11.4 Å². The summed E-state index contributed by atoms with van der Waals surface area (Å²) < 4.78 is 0. The number of H-pyrrole nitrogens is 1. The van der Waals surface area contributed by atoms with Crippen LogP contribution in [0.3, 0.4) is 0 Å². The van der Waals surface area contributed by atoms with Crippen LogP contribution in [0.5, 0.6) is 0 Å². The van der Waals surface area contributed by atoms with E-state index in [1.807, 2.05) is 0 Å². The molecule has 0 aromatic carbocycles. The van der Waals surface area contributed by atoms with Gasteiger partial charge in [0.15, 0.2) is 0 Å². The molecule has 1 saturated heterocycles. The van der Waals surface area contributed by atoms with E-state index in [4.69, 9.17) is 5.11 Å². The summed E-state index contributed by atoms with van der Waals surface area (Å²) in [6.45, 7) is 3.49. The second-order valence-corrected chi connectivity index (χ2v) is 4.64. The van der Waals surface area contributed by atoms with E-state index in [2.05, 4.69) is 15.5 Å².